The highest BCUT2D eigenvalue weighted by atomic mass is 16.6. The summed E-state index contributed by atoms with van der Waals surface area (Å²) in [7, 11) is 0. The first-order chi connectivity index (χ1) is 5.15. The number of carbonyl (C=O) groups excluding carboxylic acids is 1. The van der Waals surface area contributed by atoms with Crippen molar-refractivity contribution in [2.75, 3.05) is 6.61 Å². The highest BCUT2D eigenvalue weighted by molar-refractivity contribution is 5.96. The number of ether oxygens (including phenoxy) is 1. The standard InChI is InChI=1S/C6H8O5/c7-2-3-1-4(8)5(9)6(10)11-3/h1,3,6-8,10H,2H2. The van der Waals surface area contributed by atoms with Crippen molar-refractivity contribution in [2.45, 2.75) is 12.4 Å². The molecule has 0 aliphatic carbocycles. The maximum absolute atomic E-state index is 10.6. The molecule has 1 aliphatic heterocycles. The summed E-state index contributed by atoms with van der Waals surface area (Å²) >= 11 is 0. The Balaban J connectivity index is 2.76. The van der Waals surface area contributed by atoms with Gasteiger partial charge in [0.05, 0.1) is 6.61 Å². The summed E-state index contributed by atoms with van der Waals surface area (Å²) in [6.07, 6.45) is -1.41. The number of Topliss-reactive ketones (excluding diaryl/α,β-unsaturated/α-hetero) is 1. The highest BCUT2D eigenvalue weighted by Gasteiger charge is 2.28. The molecule has 0 bridgehead atoms. The SMILES string of the molecule is O=C1C(O)=CC(CO)OC1O. The second-order valence-electron chi connectivity index (χ2n) is 2.13. The largest absolute Gasteiger partial charge is 0.504 e. The molecule has 5 heteroatoms. The first-order valence-electron chi connectivity index (χ1n) is 3.04. The Bertz CT molecular complexity index is 197. The molecular weight excluding hydrogens is 152 g/mol. The van der Waals surface area contributed by atoms with Crippen LogP contribution >= 0.6 is 0 Å². The summed E-state index contributed by atoms with van der Waals surface area (Å²) in [5.41, 5.74) is 0. The lowest BCUT2D eigenvalue weighted by Crippen LogP contribution is -2.36. The van der Waals surface area contributed by atoms with Crippen molar-refractivity contribution < 1.29 is 24.9 Å². The summed E-state index contributed by atoms with van der Waals surface area (Å²) in [5.74, 6) is -1.45. The van der Waals surface area contributed by atoms with Crippen LogP contribution in [0, 0.1) is 0 Å². The van der Waals surface area contributed by atoms with Crippen LogP contribution in [0.3, 0.4) is 0 Å². The monoisotopic (exact) mass is 160 g/mol. The van der Waals surface area contributed by atoms with Gasteiger partial charge in [-0.05, 0) is 6.08 Å². The molecule has 0 aromatic heterocycles. The topological polar surface area (TPSA) is 87.0 Å². The minimum absolute atomic E-state index is 0.381. The fourth-order valence-electron chi connectivity index (χ4n) is 0.747. The van der Waals surface area contributed by atoms with Crippen LogP contribution in [-0.2, 0) is 9.53 Å². The Hall–Kier alpha value is -0.910. The minimum atomic E-state index is -1.66. The molecule has 0 spiro atoms. The van der Waals surface area contributed by atoms with Crippen molar-refractivity contribution in [3.8, 4) is 0 Å². The van der Waals surface area contributed by atoms with E-state index < -0.39 is 23.9 Å². The van der Waals surface area contributed by atoms with E-state index in [4.69, 9.17) is 15.3 Å². The molecule has 5 nitrogen and oxygen atoms in total. The Labute approximate surface area is 62.5 Å². The Morgan fingerprint density at radius 1 is 1.64 bits per heavy atom. The van der Waals surface area contributed by atoms with Crippen LogP contribution in [0.2, 0.25) is 0 Å². The number of aliphatic hydroxyl groups excluding tert-OH is 3. The average molecular weight is 160 g/mol. The molecule has 0 fully saturated rings. The predicted octanol–water partition coefficient (Wildman–Crippen LogP) is -1.29. The van der Waals surface area contributed by atoms with E-state index in [1.165, 1.54) is 0 Å². The van der Waals surface area contributed by atoms with Crippen molar-refractivity contribution in [3.05, 3.63) is 11.8 Å². The van der Waals surface area contributed by atoms with E-state index in [1.807, 2.05) is 0 Å². The molecule has 0 amide bonds. The first-order valence-corrected chi connectivity index (χ1v) is 3.04. The molecule has 0 radical (unpaired) electrons. The van der Waals surface area contributed by atoms with E-state index in [0.29, 0.717) is 0 Å². The van der Waals surface area contributed by atoms with Crippen LogP contribution in [0.15, 0.2) is 11.8 Å². The molecule has 0 saturated carbocycles. The molecule has 0 aromatic carbocycles. The number of carbonyl (C=O) groups is 1. The van der Waals surface area contributed by atoms with Gasteiger partial charge in [-0.15, -0.1) is 0 Å². The van der Waals surface area contributed by atoms with Gasteiger partial charge in [-0.2, -0.15) is 0 Å². The molecule has 1 rings (SSSR count). The van der Waals surface area contributed by atoms with Crippen LogP contribution in [0.1, 0.15) is 0 Å². The van der Waals surface area contributed by atoms with Crippen molar-refractivity contribution in [1.29, 1.82) is 0 Å². The zero-order valence-electron chi connectivity index (χ0n) is 5.60. The average Bonchev–Trinajstić information content (AvgIpc) is 1.99. The van der Waals surface area contributed by atoms with Crippen LogP contribution in [0.5, 0.6) is 0 Å². The lowest BCUT2D eigenvalue weighted by atomic mass is 10.2. The van der Waals surface area contributed by atoms with E-state index in [2.05, 4.69) is 4.74 Å². The molecule has 2 atom stereocenters. The molecule has 62 valence electrons. The zero-order valence-corrected chi connectivity index (χ0v) is 5.60. The molecule has 1 heterocycles. The van der Waals surface area contributed by atoms with Gasteiger partial charge < -0.3 is 20.1 Å². The smallest absolute Gasteiger partial charge is 0.252 e. The van der Waals surface area contributed by atoms with E-state index in [-0.39, 0.29) is 6.61 Å². The van der Waals surface area contributed by atoms with Gasteiger partial charge in [0.15, 0.2) is 5.76 Å². The molecule has 1 aliphatic rings. The molecule has 0 aromatic rings. The van der Waals surface area contributed by atoms with E-state index in [9.17, 15) is 4.79 Å². The lowest BCUT2D eigenvalue weighted by Gasteiger charge is -2.20. The number of ketones is 1. The summed E-state index contributed by atoms with van der Waals surface area (Å²) in [5, 5.41) is 26.1. The van der Waals surface area contributed by atoms with Crippen LogP contribution < -0.4 is 0 Å². The Morgan fingerprint density at radius 3 is 2.73 bits per heavy atom. The van der Waals surface area contributed by atoms with Crippen molar-refractivity contribution in [2.24, 2.45) is 0 Å². The maximum atomic E-state index is 10.6. The second kappa shape index (κ2) is 3.00. The number of hydrogen-bond donors (Lipinski definition) is 3. The fourth-order valence-corrected chi connectivity index (χ4v) is 0.747. The van der Waals surface area contributed by atoms with Crippen LogP contribution in [-0.4, -0.2) is 40.1 Å². The third kappa shape index (κ3) is 1.56. The quantitative estimate of drug-likeness (QED) is 0.444. The van der Waals surface area contributed by atoms with Gasteiger partial charge in [0, 0.05) is 0 Å². The number of rotatable bonds is 1. The van der Waals surface area contributed by atoms with Crippen LogP contribution in [0.25, 0.3) is 0 Å². The highest BCUT2D eigenvalue weighted by Crippen LogP contribution is 2.11. The van der Waals surface area contributed by atoms with Crippen molar-refractivity contribution >= 4 is 5.78 Å². The summed E-state index contributed by atoms with van der Waals surface area (Å²) in [4.78, 5) is 10.6. The minimum Gasteiger partial charge on any atom is -0.504 e. The third-order valence-electron chi connectivity index (χ3n) is 1.30. The van der Waals surface area contributed by atoms with Crippen molar-refractivity contribution in [1.82, 2.24) is 0 Å². The molecule has 2 unspecified atom stereocenters. The fraction of sp³-hybridized carbons (Fsp3) is 0.500. The number of aliphatic hydroxyl groups is 3. The van der Waals surface area contributed by atoms with Gasteiger partial charge in [-0.3, -0.25) is 4.79 Å². The van der Waals surface area contributed by atoms with Crippen LogP contribution in [0.4, 0.5) is 0 Å². The van der Waals surface area contributed by atoms with E-state index in [0.717, 1.165) is 6.08 Å². The van der Waals surface area contributed by atoms with E-state index >= 15 is 0 Å². The molecule has 3 N–H and O–H groups in total. The van der Waals surface area contributed by atoms with Gasteiger partial charge >= 0.3 is 0 Å². The molecule has 0 saturated heterocycles. The molecule has 11 heavy (non-hydrogen) atoms. The Morgan fingerprint density at radius 2 is 2.27 bits per heavy atom. The van der Waals surface area contributed by atoms with Gasteiger partial charge in [0.25, 0.3) is 5.78 Å². The lowest BCUT2D eigenvalue weighted by molar-refractivity contribution is -0.169. The Kier molecular flexibility index (Phi) is 2.23. The van der Waals surface area contributed by atoms with Gasteiger partial charge in [-0.1, -0.05) is 0 Å². The zero-order chi connectivity index (χ0) is 8.43. The maximum Gasteiger partial charge on any atom is 0.252 e. The normalized spacial score (nSPS) is 31.8. The predicted molar refractivity (Wildman–Crippen MR) is 33.7 cm³/mol. The molecular formula is C6H8O5. The third-order valence-corrected chi connectivity index (χ3v) is 1.30. The van der Waals surface area contributed by atoms with Gasteiger partial charge in [0.1, 0.15) is 6.10 Å². The number of hydrogen-bond acceptors (Lipinski definition) is 5. The first kappa shape index (κ1) is 8.19. The summed E-state index contributed by atoms with van der Waals surface area (Å²) < 4.78 is 4.54. The summed E-state index contributed by atoms with van der Waals surface area (Å²) in [6.45, 7) is -0.381. The van der Waals surface area contributed by atoms with Gasteiger partial charge in [0.2, 0.25) is 6.29 Å². The second-order valence-corrected chi connectivity index (χ2v) is 2.13. The van der Waals surface area contributed by atoms with Crippen molar-refractivity contribution in [3.63, 3.8) is 0 Å². The summed E-state index contributed by atoms with van der Waals surface area (Å²) in [6, 6.07) is 0. The van der Waals surface area contributed by atoms with E-state index in [1.54, 1.807) is 0 Å². The van der Waals surface area contributed by atoms with Gasteiger partial charge in [-0.25, -0.2) is 0 Å².